The molecule has 11 heteroatoms. The number of pyridine rings is 1. The second-order valence-corrected chi connectivity index (χ2v) is 13.6. The number of aromatic nitrogens is 3. The minimum absolute atomic E-state index is 0.0819. The van der Waals surface area contributed by atoms with Crippen molar-refractivity contribution in [3.8, 4) is 0 Å². The van der Waals surface area contributed by atoms with Gasteiger partial charge in [0.25, 0.3) is 0 Å². The average Bonchev–Trinajstić information content (AvgIpc) is 3.47. The molecule has 4 fully saturated rings. The molecule has 2 aromatic rings. The maximum atomic E-state index is 13.6. The molecule has 0 radical (unpaired) electrons. The molecule has 1 atom stereocenters. The van der Waals surface area contributed by atoms with Crippen molar-refractivity contribution < 1.29 is 19.1 Å². The summed E-state index contributed by atoms with van der Waals surface area (Å²) >= 11 is 0. The molecule has 0 unspecified atom stereocenters. The van der Waals surface area contributed by atoms with Gasteiger partial charge in [0.05, 0.1) is 49.2 Å². The molecular weight excluding hydrogens is 546 g/mol. The van der Waals surface area contributed by atoms with Gasteiger partial charge in [-0.25, -0.2) is 9.78 Å². The van der Waals surface area contributed by atoms with E-state index in [0.717, 1.165) is 69.9 Å². The van der Waals surface area contributed by atoms with E-state index in [0.29, 0.717) is 17.4 Å². The highest BCUT2D eigenvalue weighted by Crippen LogP contribution is 2.35. The molecule has 232 valence electrons. The standard InChI is InChI=1S/C32H45N7O4/c1-31(2,3)43-30(41)39(19-23-8-6-9-23)25-10-7-15-38(20-25)24-11-12-26(34-16-24)32(21-42-22-32)29(40)36-27-17-33-18-28(35-27)37-13-4-5-14-37/h11-12,16-18,23,25H,4-10,13-15,19-22H2,1-3H3,(H,35,36,40)/t25-/m1/s1. The fourth-order valence-electron chi connectivity index (χ4n) is 6.40. The van der Waals surface area contributed by atoms with Crippen molar-refractivity contribution in [3.05, 3.63) is 36.4 Å². The summed E-state index contributed by atoms with van der Waals surface area (Å²) in [5.41, 5.74) is 0.267. The van der Waals surface area contributed by atoms with Gasteiger partial charge in [0.1, 0.15) is 16.8 Å². The van der Waals surface area contributed by atoms with Gasteiger partial charge in [0.15, 0.2) is 5.82 Å². The second kappa shape index (κ2) is 12.3. The van der Waals surface area contributed by atoms with E-state index in [2.05, 4.69) is 25.1 Å². The molecule has 2 amide bonds. The molecule has 0 bridgehead atoms. The monoisotopic (exact) mass is 591 g/mol. The van der Waals surface area contributed by atoms with E-state index in [-0.39, 0.29) is 31.3 Å². The van der Waals surface area contributed by atoms with E-state index < -0.39 is 11.0 Å². The Balaban J connectivity index is 1.13. The van der Waals surface area contributed by atoms with Crippen LogP contribution in [0.3, 0.4) is 0 Å². The topological polar surface area (TPSA) is 113 Å². The Morgan fingerprint density at radius 2 is 1.79 bits per heavy atom. The lowest BCUT2D eigenvalue weighted by molar-refractivity contribution is -0.140. The maximum Gasteiger partial charge on any atom is 0.410 e. The zero-order valence-corrected chi connectivity index (χ0v) is 25.8. The van der Waals surface area contributed by atoms with Crippen LogP contribution in [0.15, 0.2) is 30.7 Å². The molecule has 0 aromatic carbocycles. The predicted molar refractivity (Wildman–Crippen MR) is 164 cm³/mol. The molecule has 3 saturated heterocycles. The van der Waals surface area contributed by atoms with Crippen LogP contribution in [0.25, 0.3) is 0 Å². The summed E-state index contributed by atoms with van der Waals surface area (Å²) in [5.74, 6) is 1.60. The summed E-state index contributed by atoms with van der Waals surface area (Å²) < 4.78 is 11.4. The number of nitrogens with zero attached hydrogens (tertiary/aromatic N) is 6. The summed E-state index contributed by atoms with van der Waals surface area (Å²) in [5, 5.41) is 2.98. The van der Waals surface area contributed by atoms with Crippen LogP contribution in [-0.4, -0.2) is 89.4 Å². The van der Waals surface area contributed by atoms with Crippen LogP contribution in [0.2, 0.25) is 0 Å². The van der Waals surface area contributed by atoms with Gasteiger partial charge >= 0.3 is 6.09 Å². The normalized spacial score (nSPS) is 22.0. The number of carbonyl (C=O) groups is 2. The molecular formula is C32H45N7O4. The van der Waals surface area contributed by atoms with Gasteiger partial charge in [-0.2, -0.15) is 0 Å². The quantitative estimate of drug-likeness (QED) is 0.478. The van der Waals surface area contributed by atoms with Crippen molar-refractivity contribution in [3.63, 3.8) is 0 Å². The van der Waals surface area contributed by atoms with Crippen molar-refractivity contribution in [1.29, 1.82) is 0 Å². The number of anilines is 3. The number of piperidine rings is 1. The first-order chi connectivity index (χ1) is 20.7. The van der Waals surface area contributed by atoms with Crippen molar-refractivity contribution in [2.24, 2.45) is 5.92 Å². The minimum atomic E-state index is -0.870. The Labute approximate surface area is 254 Å². The SMILES string of the molecule is CC(C)(C)OC(=O)N(CC1CCC1)[C@@H]1CCCN(c2ccc(C3(C(=O)Nc4cncc(N5CCCC5)n4)COC3)nc2)C1. The first kappa shape index (κ1) is 29.6. The molecule has 1 aliphatic carbocycles. The van der Waals surface area contributed by atoms with Crippen LogP contribution >= 0.6 is 0 Å². The van der Waals surface area contributed by atoms with Crippen molar-refractivity contribution in [1.82, 2.24) is 19.9 Å². The van der Waals surface area contributed by atoms with Gasteiger partial charge < -0.3 is 29.5 Å². The minimum Gasteiger partial charge on any atom is -0.444 e. The molecule has 2 aromatic heterocycles. The van der Waals surface area contributed by atoms with Gasteiger partial charge in [0.2, 0.25) is 5.91 Å². The number of hydrogen-bond donors (Lipinski definition) is 1. The Bertz CT molecular complexity index is 1280. The number of ether oxygens (including phenoxy) is 2. The van der Waals surface area contributed by atoms with Crippen molar-refractivity contribution in [2.45, 2.75) is 82.8 Å². The van der Waals surface area contributed by atoms with E-state index in [1.54, 1.807) is 12.4 Å². The summed E-state index contributed by atoms with van der Waals surface area (Å²) in [6, 6.07) is 4.06. The fraction of sp³-hybridized carbons (Fsp3) is 0.656. The number of hydrogen-bond acceptors (Lipinski definition) is 9. The third kappa shape index (κ3) is 6.56. The fourth-order valence-corrected chi connectivity index (χ4v) is 6.40. The van der Waals surface area contributed by atoms with Crippen LogP contribution in [-0.2, 0) is 19.7 Å². The number of amides is 2. The molecule has 0 spiro atoms. The molecule has 5 heterocycles. The maximum absolute atomic E-state index is 13.6. The predicted octanol–water partition coefficient (Wildman–Crippen LogP) is 4.38. The third-order valence-electron chi connectivity index (χ3n) is 9.17. The summed E-state index contributed by atoms with van der Waals surface area (Å²) in [4.78, 5) is 47.0. The smallest absolute Gasteiger partial charge is 0.410 e. The second-order valence-electron chi connectivity index (χ2n) is 13.6. The van der Waals surface area contributed by atoms with Crippen LogP contribution in [0.1, 0.15) is 71.4 Å². The number of rotatable bonds is 8. The molecule has 6 rings (SSSR count). The van der Waals surface area contributed by atoms with Crippen LogP contribution in [0.5, 0.6) is 0 Å². The van der Waals surface area contributed by atoms with Gasteiger partial charge in [0, 0.05) is 32.7 Å². The first-order valence-electron chi connectivity index (χ1n) is 15.9. The Morgan fingerprint density at radius 3 is 2.42 bits per heavy atom. The molecule has 1 saturated carbocycles. The van der Waals surface area contributed by atoms with Crippen molar-refractivity contribution in [2.75, 3.05) is 61.1 Å². The van der Waals surface area contributed by atoms with Gasteiger partial charge in [-0.05, 0) is 77.3 Å². The molecule has 3 aliphatic heterocycles. The zero-order valence-electron chi connectivity index (χ0n) is 25.8. The summed E-state index contributed by atoms with van der Waals surface area (Å²) in [7, 11) is 0. The molecule has 43 heavy (non-hydrogen) atoms. The van der Waals surface area contributed by atoms with Crippen molar-refractivity contribution >= 4 is 29.3 Å². The zero-order chi connectivity index (χ0) is 30.0. The van der Waals surface area contributed by atoms with Gasteiger partial charge in [-0.3, -0.25) is 14.8 Å². The Hall–Kier alpha value is -3.47. The van der Waals surface area contributed by atoms with Gasteiger partial charge in [-0.1, -0.05) is 6.42 Å². The average molecular weight is 592 g/mol. The van der Waals surface area contributed by atoms with Crippen LogP contribution < -0.4 is 15.1 Å². The number of carbonyl (C=O) groups excluding carboxylic acids is 2. The van der Waals surface area contributed by atoms with E-state index >= 15 is 0 Å². The van der Waals surface area contributed by atoms with E-state index in [1.165, 1.54) is 19.3 Å². The van der Waals surface area contributed by atoms with Gasteiger partial charge in [-0.15, -0.1) is 0 Å². The van der Waals surface area contributed by atoms with E-state index in [4.69, 9.17) is 14.5 Å². The number of nitrogens with one attached hydrogen (secondary N) is 1. The summed E-state index contributed by atoms with van der Waals surface area (Å²) in [6.07, 6.45) is 12.8. The highest BCUT2D eigenvalue weighted by atomic mass is 16.6. The van der Waals surface area contributed by atoms with Crippen LogP contribution in [0.4, 0.5) is 22.1 Å². The third-order valence-corrected chi connectivity index (χ3v) is 9.17. The largest absolute Gasteiger partial charge is 0.444 e. The highest BCUT2D eigenvalue weighted by Gasteiger charge is 2.49. The Morgan fingerprint density at radius 1 is 1.02 bits per heavy atom. The highest BCUT2D eigenvalue weighted by molar-refractivity contribution is 5.99. The Kier molecular flexibility index (Phi) is 8.44. The molecule has 1 N–H and O–H groups in total. The van der Waals surface area contributed by atoms with Crippen LogP contribution in [0, 0.1) is 5.92 Å². The summed E-state index contributed by atoms with van der Waals surface area (Å²) in [6.45, 7) is 10.6. The first-order valence-corrected chi connectivity index (χ1v) is 15.9. The lowest BCUT2D eigenvalue weighted by atomic mass is 9.81. The van der Waals surface area contributed by atoms with E-state index in [1.807, 2.05) is 44.0 Å². The molecule has 4 aliphatic rings. The molecule has 11 nitrogen and oxygen atoms in total. The lowest BCUT2D eigenvalue weighted by Crippen LogP contribution is -2.56. The van der Waals surface area contributed by atoms with E-state index in [9.17, 15) is 9.59 Å². The lowest BCUT2D eigenvalue weighted by Gasteiger charge is -2.43.